The van der Waals surface area contributed by atoms with E-state index in [4.69, 9.17) is 16.3 Å². The van der Waals surface area contributed by atoms with Crippen LogP contribution in [0.15, 0.2) is 42.5 Å². The number of ether oxygens (including phenoxy) is 1. The van der Waals surface area contributed by atoms with Gasteiger partial charge in [-0.15, -0.1) is 0 Å². The van der Waals surface area contributed by atoms with E-state index in [0.717, 1.165) is 11.6 Å². The van der Waals surface area contributed by atoms with E-state index in [1.54, 1.807) is 12.1 Å². The van der Waals surface area contributed by atoms with Crippen LogP contribution in [0.3, 0.4) is 0 Å². The van der Waals surface area contributed by atoms with E-state index < -0.39 is 11.7 Å². The number of hydrogen-bond donors (Lipinski definition) is 0. The van der Waals surface area contributed by atoms with Crippen LogP contribution in [0, 0.1) is 6.92 Å². The van der Waals surface area contributed by atoms with Crippen molar-refractivity contribution in [1.82, 2.24) is 0 Å². The van der Waals surface area contributed by atoms with Crippen LogP contribution in [-0.4, -0.2) is 0 Å². The lowest BCUT2D eigenvalue weighted by atomic mass is 10.1. The highest BCUT2D eigenvalue weighted by molar-refractivity contribution is 6.31. The maximum Gasteiger partial charge on any atom is 0.416 e. The summed E-state index contributed by atoms with van der Waals surface area (Å²) < 4.78 is 44.1. The van der Waals surface area contributed by atoms with Crippen LogP contribution >= 0.6 is 11.6 Å². The summed E-state index contributed by atoms with van der Waals surface area (Å²) in [5.74, 6) is 0.503. The van der Waals surface area contributed by atoms with Gasteiger partial charge in [0.05, 0.1) is 5.56 Å². The highest BCUT2D eigenvalue weighted by Gasteiger charge is 2.34. The van der Waals surface area contributed by atoms with E-state index in [-0.39, 0.29) is 17.2 Å². The number of rotatable bonds is 3. The molecule has 0 unspecified atom stereocenters. The molecule has 0 bridgehead atoms. The molecule has 0 saturated heterocycles. The molecule has 2 aromatic carbocycles. The molecule has 2 aromatic rings. The van der Waals surface area contributed by atoms with Gasteiger partial charge in [-0.3, -0.25) is 0 Å². The minimum atomic E-state index is -4.45. The van der Waals surface area contributed by atoms with E-state index >= 15 is 0 Å². The van der Waals surface area contributed by atoms with Crippen LogP contribution in [0.2, 0.25) is 5.02 Å². The van der Waals surface area contributed by atoms with Crippen molar-refractivity contribution in [2.75, 3.05) is 0 Å². The molecule has 0 saturated carbocycles. The van der Waals surface area contributed by atoms with Gasteiger partial charge in [0.25, 0.3) is 0 Å². The zero-order valence-electron chi connectivity index (χ0n) is 10.7. The first-order chi connectivity index (χ1) is 9.38. The molecule has 0 fully saturated rings. The Hall–Kier alpha value is -1.68. The molecule has 0 amide bonds. The summed E-state index contributed by atoms with van der Waals surface area (Å²) in [7, 11) is 0. The van der Waals surface area contributed by atoms with Crippen LogP contribution in [0.25, 0.3) is 0 Å². The average Bonchev–Trinajstić information content (AvgIpc) is 2.38. The molecule has 5 heteroatoms. The van der Waals surface area contributed by atoms with Gasteiger partial charge >= 0.3 is 6.18 Å². The molecule has 0 aliphatic rings. The number of aryl methyl sites for hydroxylation is 1. The van der Waals surface area contributed by atoms with Crippen LogP contribution in [0.4, 0.5) is 13.2 Å². The fourth-order valence-corrected chi connectivity index (χ4v) is 1.99. The lowest BCUT2D eigenvalue weighted by molar-refractivity contribution is -0.138. The van der Waals surface area contributed by atoms with Crippen molar-refractivity contribution in [3.8, 4) is 5.75 Å². The minimum Gasteiger partial charge on any atom is -0.489 e. The van der Waals surface area contributed by atoms with E-state index in [1.807, 2.05) is 19.1 Å². The Bertz CT molecular complexity index is 591. The van der Waals surface area contributed by atoms with Crippen molar-refractivity contribution in [1.29, 1.82) is 0 Å². The summed E-state index contributed by atoms with van der Waals surface area (Å²) in [5, 5.41) is 0.0481. The summed E-state index contributed by atoms with van der Waals surface area (Å²) >= 11 is 5.85. The zero-order chi connectivity index (χ0) is 14.8. The molecule has 0 radical (unpaired) electrons. The zero-order valence-corrected chi connectivity index (χ0v) is 11.4. The summed E-state index contributed by atoms with van der Waals surface area (Å²) in [6.45, 7) is 1.69. The van der Waals surface area contributed by atoms with Crippen LogP contribution in [0.5, 0.6) is 5.75 Å². The molecule has 0 aliphatic carbocycles. The molecule has 0 heterocycles. The molecular weight excluding hydrogens is 289 g/mol. The Labute approximate surface area is 119 Å². The smallest absolute Gasteiger partial charge is 0.416 e. The maximum absolute atomic E-state index is 12.9. The number of halogens is 4. The fraction of sp³-hybridized carbons (Fsp3) is 0.200. The molecule has 2 rings (SSSR count). The van der Waals surface area contributed by atoms with Gasteiger partial charge in [-0.05, 0) is 31.2 Å². The molecule has 0 aromatic heterocycles. The average molecular weight is 301 g/mol. The van der Waals surface area contributed by atoms with Crippen LogP contribution in [-0.2, 0) is 12.8 Å². The second-order valence-electron chi connectivity index (χ2n) is 4.37. The predicted octanol–water partition coefficient (Wildman–Crippen LogP) is 5.25. The van der Waals surface area contributed by atoms with Crippen LogP contribution < -0.4 is 4.74 Å². The third-order valence-corrected chi connectivity index (χ3v) is 3.18. The number of hydrogen-bond acceptors (Lipinski definition) is 1. The standard InChI is InChI=1S/C15H12ClF3O/c1-10-5-7-11(8-6-10)20-9-12-13(15(17,18)19)3-2-4-14(12)16/h2-8H,9H2,1H3. The minimum absolute atomic E-state index is 0.0481. The second-order valence-corrected chi connectivity index (χ2v) is 4.77. The van der Waals surface area contributed by atoms with Gasteiger partial charge in [0.1, 0.15) is 12.4 Å². The number of benzene rings is 2. The summed E-state index contributed by atoms with van der Waals surface area (Å²) in [6, 6.07) is 10.8. The van der Waals surface area contributed by atoms with Gasteiger partial charge in [-0.25, -0.2) is 0 Å². The normalized spacial score (nSPS) is 11.4. The molecule has 0 spiro atoms. The van der Waals surface area contributed by atoms with Gasteiger partial charge in [-0.1, -0.05) is 35.4 Å². The molecule has 0 aliphatic heterocycles. The summed E-state index contributed by atoms with van der Waals surface area (Å²) in [6.07, 6.45) is -4.45. The molecule has 1 nitrogen and oxygen atoms in total. The van der Waals surface area contributed by atoms with Gasteiger partial charge in [0, 0.05) is 10.6 Å². The third kappa shape index (κ3) is 3.45. The van der Waals surface area contributed by atoms with Gasteiger partial charge < -0.3 is 4.74 Å². The Morgan fingerprint density at radius 2 is 1.70 bits per heavy atom. The fourth-order valence-electron chi connectivity index (χ4n) is 1.76. The first-order valence-corrected chi connectivity index (χ1v) is 6.30. The Balaban J connectivity index is 2.23. The van der Waals surface area contributed by atoms with Crippen LogP contribution in [0.1, 0.15) is 16.7 Å². The molecule has 20 heavy (non-hydrogen) atoms. The summed E-state index contributed by atoms with van der Waals surface area (Å²) in [5.41, 5.74) is 0.227. The Morgan fingerprint density at radius 3 is 2.30 bits per heavy atom. The highest BCUT2D eigenvalue weighted by atomic mass is 35.5. The van der Waals surface area contributed by atoms with Crippen molar-refractivity contribution in [2.24, 2.45) is 0 Å². The predicted molar refractivity (Wildman–Crippen MR) is 72.0 cm³/mol. The molecule has 0 atom stereocenters. The Kier molecular flexibility index (Phi) is 4.23. The van der Waals surface area contributed by atoms with Crippen molar-refractivity contribution in [3.63, 3.8) is 0 Å². The van der Waals surface area contributed by atoms with E-state index in [1.165, 1.54) is 12.1 Å². The Morgan fingerprint density at radius 1 is 1.05 bits per heavy atom. The van der Waals surface area contributed by atoms with E-state index in [9.17, 15) is 13.2 Å². The van der Waals surface area contributed by atoms with Crippen molar-refractivity contribution in [3.05, 3.63) is 64.2 Å². The van der Waals surface area contributed by atoms with Gasteiger partial charge in [0.15, 0.2) is 0 Å². The van der Waals surface area contributed by atoms with Crippen molar-refractivity contribution in [2.45, 2.75) is 19.7 Å². The summed E-state index contributed by atoms with van der Waals surface area (Å²) in [4.78, 5) is 0. The highest BCUT2D eigenvalue weighted by Crippen LogP contribution is 2.35. The lowest BCUT2D eigenvalue weighted by Gasteiger charge is -2.15. The van der Waals surface area contributed by atoms with Gasteiger partial charge in [-0.2, -0.15) is 13.2 Å². The first-order valence-electron chi connectivity index (χ1n) is 5.92. The van der Waals surface area contributed by atoms with Crippen molar-refractivity contribution >= 4 is 11.6 Å². The quantitative estimate of drug-likeness (QED) is 0.752. The SMILES string of the molecule is Cc1ccc(OCc2c(Cl)cccc2C(F)(F)F)cc1. The molecule has 106 valence electrons. The van der Waals surface area contributed by atoms with Crippen molar-refractivity contribution < 1.29 is 17.9 Å². The van der Waals surface area contributed by atoms with Gasteiger partial charge in [0.2, 0.25) is 0 Å². The topological polar surface area (TPSA) is 9.23 Å². The lowest BCUT2D eigenvalue weighted by Crippen LogP contribution is -2.11. The second kappa shape index (κ2) is 5.75. The molecule has 0 N–H and O–H groups in total. The molecular formula is C15H12ClF3O. The third-order valence-electron chi connectivity index (χ3n) is 2.83. The monoisotopic (exact) mass is 300 g/mol. The van der Waals surface area contributed by atoms with E-state index in [2.05, 4.69) is 0 Å². The largest absolute Gasteiger partial charge is 0.489 e. The first kappa shape index (κ1) is 14.7. The van der Waals surface area contributed by atoms with E-state index in [0.29, 0.717) is 5.75 Å². The maximum atomic E-state index is 12.9. The number of alkyl halides is 3.